The zero-order valence-corrected chi connectivity index (χ0v) is 12.1. The van der Waals surface area contributed by atoms with Crippen LogP contribution in [0.2, 0.25) is 0 Å². The molecule has 0 aromatic rings. The Hall–Kier alpha value is 0.260. The van der Waals surface area contributed by atoms with Gasteiger partial charge in [-0.25, -0.2) is 8.42 Å². The van der Waals surface area contributed by atoms with Crippen molar-refractivity contribution in [2.24, 2.45) is 5.41 Å². The number of hydrogen-bond acceptors (Lipinski definition) is 4. The molecule has 0 N–H and O–H groups in total. The summed E-state index contributed by atoms with van der Waals surface area (Å²) in [5, 5.41) is 0. The Balaban J connectivity index is 1.94. The van der Waals surface area contributed by atoms with Gasteiger partial charge in [-0.05, 0) is 37.0 Å². The molecule has 1 saturated heterocycles. The molecule has 17 heavy (non-hydrogen) atoms. The molecule has 0 spiro atoms. The van der Waals surface area contributed by atoms with E-state index in [9.17, 15) is 8.42 Å². The average Bonchev–Trinajstić information content (AvgIpc) is 2.68. The van der Waals surface area contributed by atoms with Gasteiger partial charge in [0.1, 0.15) is 0 Å². The second-order valence-corrected chi connectivity index (χ2v) is 8.27. The monoisotopic (exact) mass is 277 g/mol. The molecule has 2 aliphatic rings. The van der Waals surface area contributed by atoms with Crippen LogP contribution in [0, 0.1) is 5.41 Å². The van der Waals surface area contributed by atoms with Crippen molar-refractivity contribution in [2.75, 3.05) is 36.9 Å². The van der Waals surface area contributed by atoms with Gasteiger partial charge >= 0.3 is 0 Å². The number of rotatable bonds is 3. The highest BCUT2D eigenvalue weighted by Gasteiger charge is 2.34. The van der Waals surface area contributed by atoms with Crippen LogP contribution in [0.5, 0.6) is 0 Å². The molecule has 1 aliphatic carbocycles. The van der Waals surface area contributed by atoms with Crippen LogP contribution >= 0.6 is 12.6 Å². The minimum Gasteiger partial charge on any atom is -0.302 e. The van der Waals surface area contributed by atoms with Crippen molar-refractivity contribution in [3.63, 3.8) is 0 Å². The van der Waals surface area contributed by atoms with E-state index >= 15 is 0 Å². The minimum atomic E-state index is -2.77. The van der Waals surface area contributed by atoms with Gasteiger partial charge < -0.3 is 4.90 Å². The molecule has 0 atom stereocenters. The van der Waals surface area contributed by atoms with Gasteiger partial charge in [0, 0.05) is 13.1 Å². The normalized spacial score (nSPS) is 29.0. The molecule has 0 amide bonds. The second-order valence-electron chi connectivity index (χ2n) is 5.65. The largest absolute Gasteiger partial charge is 0.302 e. The molecule has 0 bridgehead atoms. The van der Waals surface area contributed by atoms with Gasteiger partial charge in [-0.2, -0.15) is 12.6 Å². The van der Waals surface area contributed by atoms with Crippen LogP contribution in [0.1, 0.15) is 32.1 Å². The first kappa shape index (κ1) is 13.7. The second kappa shape index (κ2) is 5.49. The highest BCUT2D eigenvalue weighted by atomic mass is 32.2. The fourth-order valence-electron chi connectivity index (χ4n) is 3.11. The third-order valence-corrected chi connectivity index (χ3v) is 6.59. The topological polar surface area (TPSA) is 37.4 Å². The Morgan fingerprint density at radius 2 is 1.76 bits per heavy atom. The quantitative estimate of drug-likeness (QED) is 0.796. The van der Waals surface area contributed by atoms with E-state index in [0.717, 1.165) is 31.8 Å². The number of sulfone groups is 1. The van der Waals surface area contributed by atoms with E-state index in [4.69, 9.17) is 0 Å². The summed E-state index contributed by atoms with van der Waals surface area (Å²) in [5.74, 6) is 1.66. The van der Waals surface area contributed by atoms with Crippen LogP contribution in [0.25, 0.3) is 0 Å². The summed E-state index contributed by atoms with van der Waals surface area (Å²) in [6, 6.07) is 0. The Kier molecular flexibility index (Phi) is 4.42. The summed E-state index contributed by atoms with van der Waals surface area (Å²) in [5.41, 5.74) is 0.358. The zero-order chi connectivity index (χ0) is 12.4. The van der Waals surface area contributed by atoms with Crippen LogP contribution in [0.4, 0.5) is 0 Å². The van der Waals surface area contributed by atoms with Crippen LogP contribution in [0.15, 0.2) is 0 Å². The summed E-state index contributed by atoms with van der Waals surface area (Å²) in [7, 11) is -2.77. The molecule has 2 fully saturated rings. The molecular weight excluding hydrogens is 254 g/mol. The van der Waals surface area contributed by atoms with Crippen molar-refractivity contribution in [3.05, 3.63) is 0 Å². The minimum absolute atomic E-state index is 0.343. The van der Waals surface area contributed by atoms with E-state index < -0.39 is 9.84 Å². The lowest BCUT2D eigenvalue weighted by Gasteiger charge is -2.33. The number of hydrogen-bond donors (Lipinski definition) is 1. The summed E-state index contributed by atoms with van der Waals surface area (Å²) < 4.78 is 23.1. The molecule has 1 heterocycles. The lowest BCUT2D eigenvalue weighted by Crippen LogP contribution is -2.39. The van der Waals surface area contributed by atoms with Crippen molar-refractivity contribution in [1.29, 1.82) is 0 Å². The molecule has 3 nitrogen and oxygen atoms in total. The highest BCUT2D eigenvalue weighted by Crippen LogP contribution is 2.39. The first-order valence-electron chi connectivity index (χ1n) is 6.59. The van der Waals surface area contributed by atoms with Crippen LogP contribution in [-0.2, 0) is 9.84 Å². The number of thiol groups is 1. The summed E-state index contributed by atoms with van der Waals surface area (Å²) in [6.45, 7) is 2.71. The smallest absolute Gasteiger partial charge is 0.151 e. The molecule has 2 rings (SSSR count). The van der Waals surface area contributed by atoms with Crippen molar-refractivity contribution in [1.82, 2.24) is 4.90 Å². The molecule has 1 saturated carbocycles. The third-order valence-electron chi connectivity index (χ3n) is 4.21. The maximum absolute atomic E-state index is 11.6. The lowest BCUT2D eigenvalue weighted by molar-refractivity contribution is 0.181. The van der Waals surface area contributed by atoms with E-state index in [1.807, 2.05) is 0 Å². The maximum atomic E-state index is 11.6. The summed E-state index contributed by atoms with van der Waals surface area (Å²) in [4.78, 5) is 2.35. The third kappa shape index (κ3) is 3.61. The maximum Gasteiger partial charge on any atom is 0.151 e. The van der Waals surface area contributed by atoms with E-state index in [1.165, 1.54) is 25.7 Å². The van der Waals surface area contributed by atoms with Gasteiger partial charge in [0.05, 0.1) is 11.5 Å². The SMILES string of the molecule is O=S1(=O)CCCN(CC2(CS)CCCC2)CC1. The van der Waals surface area contributed by atoms with E-state index in [-0.39, 0.29) is 0 Å². The van der Waals surface area contributed by atoms with Gasteiger partial charge in [-0.15, -0.1) is 0 Å². The van der Waals surface area contributed by atoms with Gasteiger partial charge in [0.15, 0.2) is 9.84 Å². The number of nitrogens with zero attached hydrogens (tertiary/aromatic N) is 1. The molecule has 0 aromatic heterocycles. The fraction of sp³-hybridized carbons (Fsp3) is 1.00. The fourth-order valence-corrected chi connectivity index (χ4v) is 4.84. The standard InChI is InChI=1S/C12H23NO2S2/c14-17(15)8-3-6-13(7-9-17)10-12(11-16)4-1-2-5-12/h16H,1-11H2. The predicted octanol–water partition coefficient (Wildman–Crippen LogP) is 1.60. The van der Waals surface area contributed by atoms with Crippen molar-refractivity contribution in [2.45, 2.75) is 32.1 Å². The van der Waals surface area contributed by atoms with Crippen molar-refractivity contribution >= 4 is 22.5 Å². The zero-order valence-electron chi connectivity index (χ0n) is 10.4. The van der Waals surface area contributed by atoms with E-state index in [0.29, 0.717) is 16.9 Å². The van der Waals surface area contributed by atoms with E-state index in [2.05, 4.69) is 17.5 Å². The van der Waals surface area contributed by atoms with Gasteiger partial charge in [0.2, 0.25) is 0 Å². The van der Waals surface area contributed by atoms with Crippen LogP contribution < -0.4 is 0 Å². The molecule has 0 unspecified atom stereocenters. The molecule has 5 heteroatoms. The highest BCUT2D eigenvalue weighted by molar-refractivity contribution is 7.91. The molecule has 0 radical (unpaired) electrons. The van der Waals surface area contributed by atoms with Crippen molar-refractivity contribution < 1.29 is 8.42 Å². The molecule has 100 valence electrons. The van der Waals surface area contributed by atoms with Crippen LogP contribution in [-0.4, -0.2) is 50.2 Å². The van der Waals surface area contributed by atoms with E-state index in [1.54, 1.807) is 0 Å². The van der Waals surface area contributed by atoms with Gasteiger partial charge in [0.25, 0.3) is 0 Å². The Bertz CT molecular complexity index is 348. The molecule has 1 aliphatic heterocycles. The first-order valence-corrected chi connectivity index (χ1v) is 9.04. The lowest BCUT2D eigenvalue weighted by atomic mass is 9.88. The van der Waals surface area contributed by atoms with Crippen molar-refractivity contribution in [3.8, 4) is 0 Å². The predicted molar refractivity (Wildman–Crippen MR) is 74.5 cm³/mol. The molecule has 0 aromatic carbocycles. The van der Waals surface area contributed by atoms with Crippen LogP contribution in [0.3, 0.4) is 0 Å². The molecular formula is C12H23NO2S2. The van der Waals surface area contributed by atoms with Gasteiger partial charge in [-0.1, -0.05) is 12.8 Å². The van der Waals surface area contributed by atoms with Gasteiger partial charge in [-0.3, -0.25) is 0 Å². The Labute approximate surface area is 110 Å². The first-order chi connectivity index (χ1) is 8.05. The Morgan fingerprint density at radius 1 is 1.06 bits per heavy atom. The average molecular weight is 277 g/mol. The summed E-state index contributed by atoms with van der Waals surface area (Å²) >= 11 is 4.52. The summed E-state index contributed by atoms with van der Waals surface area (Å²) in [6.07, 6.45) is 5.95. The Morgan fingerprint density at radius 3 is 2.41 bits per heavy atom.